The summed E-state index contributed by atoms with van der Waals surface area (Å²) >= 11 is 0. The minimum Gasteiger partial charge on any atom is -0.321 e. The van der Waals surface area contributed by atoms with Crippen molar-refractivity contribution >= 4 is 5.91 Å². The number of carbonyl (C=O) groups is 1. The van der Waals surface area contributed by atoms with Gasteiger partial charge in [-0.3, -0.25) is 10.1 Å². The van der Waals surface area contributed by atoms with E-state index in [1.807, 2.05) is 4.90 Å². The Balaban J connectivity index is 2.34. The molecule has 3 nitrogen and oxygen atoms in total. The molecule has 0 aliphatic carbocycles. The standard InChI is InChI=1S/C18H28N2O/c1-6-7-16-18(21)20(11-12(2)3)17(19-16)15-10-13(4)8-9-14(15)5/h8-10,12,16-17,19H,6-7,11H2,1-5H3. The lowest BCUT2D eigenvalue weighted by atomic mass is 10.0. The maximum absolute atomic E-state index is 12.7. The lowest BCUT2D eigenvalue weighted by Crippen LogP contribution is -2.34. The normalized spacial score (nSPS) is 22.4. The van der Waals surface area contributed by atoms with E-state index >= 15 is 0 Å². The number of rotatable bonds is 5. The average Bonchev–Trinajstić information content (AvgIpc) is 2.71. The summed E-state index contributed by atoms with van der Waals surface area (Å²) < 4.78 is 0. The van der Waals surface area contributed by atoms with Crippen LogP contribution < -0.4 is 5.32 Å². The van der Waals surface area contributed by atoms with Crippen molar-refractivity contribution in [1.29, 1.82) is 0 Å². The first kappa shape index (κ1) is 16.0. The molecular formula is C18H28N2O. The molecule has 0 saturated carbocycles. The average molecular weight is 288 g/mol. The molecule has 1 fully saturated rings. The summed E-state index contributed by atoms with van der Waals surface area (Å²) in [5, 5.41) is 3.56. The zero-order valence-corrected chi connectivity index (χ0v) is 13.9. The van der Waals surface area contributed by atoms with Crippen LogP contribution in [0, 0.1) is 19.8 Å². The largest absolute Gasteiger partial charge is 0.321 e. The van der Waals surface area contributed by atoms with Crippen molar-refractivity contribution in [2.24, 2.45) is 5.92 Å². The number of hydrogen-bond acceptors (Lipinski definition) is 2. The highest BCUT2D eigenvalue weighted by Gasteiger charge is 2.39. The quantitative estimate of drug-likeness (QED) is 0.898. The van der Waals surface area contributed by atoms with Crippen molar-refractivity contribution in [2.45, 2.75) is 59.7 Å². The molecular weight excluding hydrogens is 260 g/mol. The van der Waals surface area contributed by atoms with Gasteiger partial charge in [-0.05, 0) is 37.3 Å². The van der Waals surface area contributed by atoms with Crippen LogP contribution in [0.1, 0.15) is 56.5 Å². The van der Waals surface area contributed by atoms with Gasteiger partial charge in [-0.15, -0.1) is 0 Å². The number of nitrogens with zero attached hydrogens (tertiary/aromatic N) is 1. The number of nitrogens with one attached hydrogen (secondary N) is 1. The smallest absolute Gasteiger partial charge is 0.241 e. The fourth-order valence-corrected chi connectivity index (χ4v) is 3.08. The monoisotopic (exact) mass is 288 g/mol. The predicted molar refractivity (Wildman–Crippen MR) is 87.0 cm³/mol. The molecule has 0 bridgehead atoms. The fraction of sp³-hybridized carbons (Fsp3) is 0.611. The third-order valence-corrected chi connectivity index (χ3v) is 4.12. The molecule has 1 saturated heterocycles. The summed E-state index contributed by atoms with van der Waals surface area (Å²) in [6.07, 6.45) is 1.96. The van der Waals surface area contributed by atoms with E-state index in [-0.39, 0.29) is 18.1 Å². The highest BCUT2D eigenvalue weighted by Crippen LogP contribution is 2.30. The Morgan fingerprint density at radius 3 is 2.62 bits per heavy atom. The number of carbonyl (C=O) groups excluding carboxylic acids is 1. The predicted octanol–water partition coefficient (Wildman–Crippen LogP) is 3.56. The SMILES string of the molecule is CCCC1NC(c2cc(C)ccc2C)N(CC(C)C)C1=O. The first-order valence-corrected chi connectivity index (χ1v) is 8.07. The zero-order chi connectivity index (χ0) is 15.6. The zero-order valence-electron chi connectivity index (χ0n) is 13.9. The van der Waals surface area contributed by atoms with E-state index < -0.39 is 0 Å². The molecule has 1 aliphatic heterocycles. The van der Waals surface area contributed by atoms with Crippen LogP contribution in [0.25, 0.3) is 0 Å². The Labute approximate surface area is 128 Å². The Morgan fingerprint density at radius 1 is 1.29 bits per heavy atom. The van der Waals surface area contributed by atoms with Crippen LogP contribution in [0.2, 0.25) is 0 Å². The third-order valence-electron chi connectivity index (χ3n) is 4.12. The minimum atomic E-state index is -0.0290. The second-order valence-corrected chi connectivity index (χ2v) is 6.65. The molecule has 1 heterocycles. The fourth-order valence-electron chi connectivity index (χ4n) is 3.08. The van der Waals surface area contributed by atoms with Gasteiger partial charge in [0.05, 0.1) is 6.04 Å². The lowest BCUT2D eigenvalue weighted by molar-refractivity contribution is -0.130. The van der Waals surface area contributed by atoms with Gasteiger partial charge >= 0.3 is 0 Å². The van der Waals surface area contributed by atoms with Crippen LogP contribution in [-0.2, 0) is 4.79 Å². The van der Waals surface area contributed by atoms with E-state index in [1.54, 1.807) is 0 Å². The maximum Gasteiger partial charge on any atom is 0.241 e. The van der Waals surface area contributed by atoms with Crippen molar-refractivity contribution < 1.29 is 4.79 Å². The van der Waals surface area contributed by atoms with E-state index in [0.29, 0.717) is 5.92 Å². The Bertz CT molecular complexity index is 510. The van der Waals surface area contributed by atoms with Crippen LogP contribution in [0.4, 0.5) is 0 Å². The van der Waals surface area contributed by atoms with Gasteiger partial charge in [-0.1, -0.05) is 51.0 Å². The van der Waals surface area contributed by atoms with E-state index in [0.717, 1.165) is 19.4 Å². The summed E-state index contributed by atoms with van der Waals surface area (Å²) in [5.74, 6) is 0.736. The summed E-state index contributed by atoms with van der Waals surface area (Å²) in [5.41, 5.74) is 3.73. The molecule has 1 N–H and O–H groups in total. The summed E-state index contributed by atoms with van der Waals surface area (Å²) in [6.45, 7) is 11.5. The van der Waals surface area contributed by atoms with Gasteiger partial charge in [0.25, 0.3) is 0 Å². The number of hydrogen-bond donors (Lipinski definition) is 1. The molecule has 1 aliphatic rings. The van der Waals surface area contributed by atoms with Gasteiger partial charge in [0.1, 0.15) is 6.17 Å². The summed E-state index contributed by atoms with van der Waals surface area (Å²) in [7, 11) is 0. The first-order valence-electron chi connectivity index (χ1n) is 8.07. The highest BCUT2D eigenvalue weighted by molar-refractivity contribution is 5.84. The van der Waals surface area contributed by atoms with Crippen molar-refractivity contribution in [1.82, 2.24) is 10.2 Å². The van der Waals surface area contributed by atoms with Gasteiger partial charge in [0, 0.05) is 6.54 Å². The third kappa shape index (κ3) is 3.46. The molecule has 1 amide bonds. The van der Waals surface area contributed by atoms with Crippen LogP contribution >= 0.6 is 0 Å². The van der Waals surface area contributed by atoms with Gasteiger partial charge in [-0.25, -0.2) is 0 Å². The van der Waals surface area contributed by atoms with E-state index in [2.05, 4.69) is 58.1 Å². The second-order valence-electron chi connectivity index (χ2n) is 6.65. The maximum atomic E-state index is 12.7. The molecule has 2 rings (SSSR count). The molecule has 1 aromatic carbocycles. The van der Waals surface area contributed by atoms with Crippen LogP contribution in [0.3, 0.4) is 0 Å². The van der Waals surface area contributed by atoms with E-state index in [9.17, 15) is 4.79 Å². The molecule has 0 spiro atoms. The van der Waals surface area contributed by atoms with Crippen molar-refractivity contribution in [3.05, 3.63) is 34.9 Å². The van der Waals surface area contributed by atoms with E-state index in [1.165, 1.54) is 16.7 Å². The number of benzene rings is 1. The Kier molecular flexibility index (Phi) is 5.04. The van der Waals surface area contributed by atoms with Gasteiger partial charge < -0.3 is 4.90 Å². The Hall–Kier alpha value is -1.35. The molecule has 116 valence electrons. The first-order chi connectivity index (χ1) is 9.93. The van der Waals surface area contributed by atoms with Gasteiger partial charge in [-0.2, -0.15) is 0 Å². The lowest BCUT2D eigenvalue weighted by Gasteiger charge is -2.27. The van der Waals surface area contributed by atoms with Crippen LogP contribution in [0.15, 0.2) is 18.2 Å². The van der Waals surface area contributed by atoms with Gasteiger partial charge in [0.15, 0.2) is 0 Å². The van der Waals surface area contributed by atoms with Crippen molar-refractivity contribution in [3.63, 3.8) is 0 Å². The van der Waals surface area contributed by atoms with E-state index in [4.69, 9.17) is 0 Å². The van der Waals surface area contributed by atoms with Crippen LogP contribution in [0.5, 0.6) is 0 Å². The molecule has 0 aromatic heterocycles. The van der Waals surface area contributed by atoms with Gasteiger partial charge in [0.2, 0.25) is 5.91 Å². The minimum absolute atomic E-state index is 0.0244. The highest BCUT2D eigenvalue weighted by atomic mass is 16.2. The molecule has 3 heteroatoms. The van der Waals surface area contributed by atoms with Crippen LogP contribution in [-0.4, -0.2) is 23.4 Å². The topological polar surface area (TPSA) is 32.3 Å². The molecule has 2 unspecified atom stereocenters. The number of aryl methyl sites for hydroxylation is 2. The molecule has 1 aromatic rings. The van der Waals surface area contributed by atoms with Crippen molar-refractivity contribution in [2.75, 3.05) is 6.54 Å². The summed E-state index contributed by atoms with van der Waals surface area (Å²) in [4.78, 5) is 14.7. The second kappa shape index (κ2) is 6.61. The van der Waals surface area contributed by atoms with Crippen molar-refractivity contribution in [3.8, 4) is 0 Å². The molecule has 2 atom stereocenters. The molecule has 0 radical (unpaired) electrons. The Morgan fingerprint density at radius 2 is 2.00 bits per heavy atom. The molecule has 21 heavy (non-hydrogen) atoms. The summed E-state index contributed by atoms with van der Waals surface area (Å²) in [6, 6.07) is 6.46. The number of amides is 1.